The molecule has 0 spiro atoms. The van der Waals surface area contributed by atoms with Gasteiger partial charge in [-0.1, -0.05) is 6.07 Å². The van der Waals surface area contributed by atoms with Gasteiger partial charge in [0.05, 0.1) is 14.2 Å². The molecule has 3 rings (SSSR count). The van der Waals surface area contributed by atoms with Crippen LogP contribution in [0.15, 0.2) is 40.7 Å². The Bertz CT molecular complexity index is 748. The molecule has 6 nitrogen and oxygen atoms in total. The zero-order valence-corrected chi connectivity index (χ0v) is 16.8. The molecule has 1 aliphatic rings. The number of ether oxygens (including phenoxy) is 2. The lowest BCUT2D eigenvalue weighted by Crippen LogP contribution is -2.36. The smallest absolute Gasteiger partial charge is 0.193 e. The van der Waals surface area contributed by atoms with Crippen LogP contribution in [0.5, 0.6) is 11.5 Å². The van der Waals surface area contributed by atoms with E-state index in [1.165, 1.54) is 17.7 Å². The lowest BCUT2D eigenvalue weighted by Gasteiger charge is -2.31. The first-order valence-electron chi connectivity index (χ1n) is 9.21. The van der Waals surface area contributed by atoms with Crippen LogP contribution >= 0.6 is 11.3 Å². The number of piperidine rings is 1. The molecular formula is C20H28N4O2S. The summed E-state index contributed by atoms with van der Waals surface area (Å²) in [5.41, 5.74) is 6.91. The SMILES string of the molecule is COc1ccc(NC(N)=NCC2CCCN(Cc3cccs3)C2)cc1OC. The van der Waals surface area contributed by atoms with Gasteiger partial charge in [-0.05, 0) is 48.9 Å². The van der Waals surface area contributed by atoms with Crippen molar-refractivity contribution in [3.05, 3.63) is 40.6 Å². The Morgan fingerprint density at radius 1 is 1.30 bits per heavy atom. The molecule has 0 bridgehead atoms. The number of hydrogen-bond acceptors (Lipinski definition) is 5. The zero-order chi connectivity index (χ0) is 19.1. The maximum atomic E-state index is 6.08. The first-order chi connectivity index (χ1) is 13.2. The highest BCUT2D eigenvalue weighted by atomic mass is 32.1. The molecule has 1 saturated heterocycles. The van der Waals surface area contributed by atoms with Gasteiger partial charge < -0.3 is 20.5 Å². The number of rotatable bonds is 7. The molecule has 2 heterocycles. The molecule has 1 fully saturated rings. The second kappa shape index (κ2) is 9.62. The minimum atomic E-state index is 0.428. The highest BCUT2D eigenvalue weighted by Gasteiger charge is 2.20. The summed E-state index contributed by atoms with van der Waals surface area (Å²) >= 11 is 1.82. The van der Waals surface area contributed by atoms with E-state index in [2.05, 4.69) is 32.7 Å². The van der Waals surface area contributed by atoms with Gasteiger partial charge in [-0.3, -0.25) is 9.89 Å². The van der Waals surface area contributed by atoms with Crippen LogP contribution in [0.3, 0.4) is 0 Å². The molecule has 7 heteroatoms. The van der Waals surface area contributed by atoms with Crippen molar-refractivity contribution in [2.45, 2.75) is 19.4 Å². The van der Waals surface area contributed by atoms with E-state index in [0.717, 1.165) is 31.9 Å². The van der Waals surface area contributed by atoms with Crippen molar-refractivity contribution in [3.8, 4) is 11.5 Å². The number of thiophene rings is 1. The second-order valence-corrected chi connectivity index (χ2v) is 7.78. The minimum Gasteiger partial charge on any atom is -0.493 e. The molecule has 2 aromatic rings. The highest BCUT2D eigenvalue weighted by molar-refractivity contribution is 7.09. The molecule has 1 unspecified atom stereocenters. The molecule has 1 aliphatic heterocycles. The fraction of sp³-hybridized carbons (Fsp3) is 0.450. The van der Waals surface area contributed by atoms with Crippen LogP contribution in [0.25, 0.3) is 0 Å². The van der Waals surface area contributed by atoms with Crippen LogP contribution in [0.1, 0.15) is 17.7 Å². The summed E-state index contributed by atoms with van der Waals surface area (Å²) in [6.45, 7) is 4.02. The molecular weight excluding hydrogens is 360 g/mol. The number of hydrogen-bond donors (Lipinski definition) is 2. The van der Waals surface area contributed by atoms with Gasteiger partial charge in [0.1, 0.15) is 0 Å². The Labute approximate surface area is 165 Å². The summed E-state index contributed by atoms with van der Waals surface area (Å²) in [5, 5.41) is 5.28. The Morgan fingerprint density at radius 2 is 2.15 bits per heavy atom. The van der Waals surface area contributed by atoms with Gasteiger partial charge >= 0.3 is 0 Å². The van der Waals surface area contributed by atoms with Gasteiger partial charge in [0.15, 0.2) is 17.5 Å². The number of benzene rings is 1. The van der Waals surface area contributed by atoms with E-state index in [1.54, 1.807) is 14.2 Å². The Balaban J connectivity index is 1.52. The summed E-state index contributed by atoms with van der Waals surface area (Å²) < 4.78 is 10.6. The van der Waals surface area contributed by atoms with Crippen molar-refractivity contribution >= 4 is 23.0 Å². The van der Waals surface area contributed by atoms with Gasteiger partial charge in [0, 0.05) is 36.3 Å². The van der Waals surface area contributed by atoms with E-state index in [4.69, 9.17) is 15.2 Å². The van der Waals surface area contributed by atoms with Crippen molar-refractivity contribution in [1.29, 1.82) is 0 Å². The molecule has 27 heavy (non-hydrogen) atoms. The lowest BCUT2D eigenvalue weighted by atomic mass is 9.98. The van der Waals surface area contributed by atoms with E-state index in [1.807, 2.05) is 29.5 Å². The third kappa shape index (κ3) is 5.61. The predicted octanol–water partition coefficient (Wildman–Crippen LogP) is 3.40. The molecule has 146 valence electrons. The Morgan fingerprint density at radius 3 is 2.89 bits per heavy atom. The quantitative estimate of drug-likeness (QED) is 0.562. The molecule has 1 atom stereocenters. The number of nitrogens with one attached hydrogen (secondary N) is 1. The number of guanidine groups is 1. The maximum Gasteiger partial charge on any atom is 0.193 e. The molecule has 3 N–H and O–H groups in total. The van der Waals surface area contributed by atoms with Crippen molar-refractivity contribution in [2.75, 3.05) is 39.2 Å². The highest BCUT2D eigenvalue weighted by Crippen LogP contribution is 2.29. The Hall–Kier alpha value is -2.25. The minimum absolute atomic E-state index is 0.428. The van der Waals surface area contributed by atoms with Crippen molar-refractivity contribution in [3.63, 3.8) is 0 Å². The van der Waals surface area contributed by atoms with Gasteiger partial charge in [0.2, 0.25) is 0 Å². The van der Waals surface area contributed by atoms with Crippen molar-refractivity contribution in [2.24, 2.45) is 16.6 Å². The normalized spacial score (nSPS) is 18.3. The van der Waals surface area contributed by atoms with E-state index in [0.29, 0.717) is 23.4 Å². The van der Waals surface area contributed by atoms with E-state index in [9.17, 15) is 0 Å². The average molecular weight is 389 g/mol. The number of likely N-dealkylation sites (tertiary alicyclic amines) is 1. The van der Waals surface area contributed by atoms with Crippen LogP contribution < -0.4 is 20.5 Å². The fourth-order valence-corrected chi connectivity index (χ4v) is 4.14. The zero-order valence-electron chi connectivity index (χ0n) is 16.0. The first kappa shape index (κ1) is 19.5. The van der Waals surface area contributed by atoms with Crippen LogP contribution in [-0.4, -0.2) is 44.7 Å². The predicted molar refractivity (Wildman–Crippen MR) is 112 cm³/mol. The second-order valence-electron chi connectivity index (χ2n) is 6.74. The van der Waals surface area contributed by atoms with Crippen LogP contribution in [-0.2, 0) is 6.54 Å². The molecule has 1 aromatic heterocycles. The monoisotopic (exact) mass is 388 g/mol. The molecule has 1 aromatic carbocycles. The number of aliphatic imine (C=N–C) groups is 1. The average Bonchev–Trinajstić information content (AvgIpc) is 3.19. The number of anilines is 1. The van der Waals surface area contributed by atoms with E-state index < -0.39 is 0 Å². The maximum absolute atomic E-state index is 6.08. The van der Waals surface area contributed by atoms with Crippen molar-refractivity contribution < 1.29 is 9.47 Å². The Kier molecular flexibility index (Phi) is 6.95. The number of nitrogens with two attached hydrogens (primary N) is 1. The molecule has 0 radical (unpaired) electrons. The third-order valence-corrected chi connectivity index (χ3v) is 5.60. The summed E-state index contributed by atoms with van der Waals surface area (Å²) in [6, 6.07) is 9.92. The summed E-state index contributed by atoms with van der Waals surface area (Å²) in [4.78, 5) is 8.51. The first-order valence-corrected chi connectivity index (χ1v) is 10.1. The van der Waals surface area contributed by atoms with Gasteiger partial charge in [-0.15, -0.1) is 11.3 Å². The fourth-order valence-electron chi connectivity index (χ4n) is 3.40. The van der Waals surface area contributed by atoms with E-state index in [-0.39, 0.29) is 0 Å². The summed E-state index contributed by atoms with van der Waals surface area (Å²) in [5.74, 6) is 2.32. The third-order valence-electron chi connectivity index (χ3n) is 4.74. The molecule has 0 amide bonds. The van der Waals surface area contributed by atoms with Gasteiger partial charge in [0.25, 0.3) is 0 Å². The van der Waals surface area contributed by atoms with Crippen molar-refractivity contribution in [1.82, 2.24) is 4.90 Å². The van der Waals surface area contributed by atoms with Gasteiger partial charge in [-0.2, -0.15) is 0 Å². The van der Waals surface area contributed by atoms with Crippen LogP contribution in [0.2, 0.25) is 0 Å². The topological polar surface area (TPSA) is 72.1 Å². The van der Waals surface area contributed by atoms with Crippen LogP contribution in [0, 0.1) is 5.92 Å². The standard InChI is InChI=1S/C20H28N4O2S/c1-25-18-8-7-16(11-19(18)26-2)23-20(21)22-12-15-5-3-9-24(13-15)14-17-6-4-10-27-17/h4,6-8,10-11,15H,3,5,9,12-14H2,1-2H3,(H3,21,22,23). The largest absolute Gasteiger partial charge is 0.493 e. The number of methoxy groups -OCH3 is 2. The van der Waals surface area contributed by atoms with Gasteiger partial charge in [-0.25, -0.2) is 0 Å². The summed E-state index contributed by atoms with van der Waals surface area (Å²) in [6.07, 6.45) is 2.42. The molecule has 0 saturated carbocycles. The van der Waals surface area contributed by atoms with E-state index >= 15 is 0 Å². The van der Waals surface area contributed by atoms with Crippen LogP contribution in [0.4, 0.5) is 5.69 Å². The lowest BCUT2D eigenvalue weighted by molar-refractivity contribution is 0.172. The number of nitrogens with zero attached hydrogens (tertiary/aromatic N) is 2. The summed E-state index contributed by atoms with van der Waals surface area (Å²) in [7, 11) is 3.23. The molecule has 0 aliphatic carbocycles.